The lowest BCUT2D eigenvalue weighted by atomic mass is 9.94. The van der Waals surface area contributed by atoms with E-state index in [9.17, 15) is 0 Å². The van der Waals surface area contributed by atoms with Crippen LogP contribution in [0.4, 0.5) is 0 Å². The molecule has 0 aromatic heterocycles. The average Bonchev–Trinajstić information content (AvgIpc) is 2.38. The third kappa shape index (κ3) is 3.07. The second-order valence-corrected chi connectivity index (χ2v) is 4.65. The molecule has 0 atom stereocenters. The van der Waals surface area contributed by atoms with Gasteiger partial charge in [-0.2, -0.15) is 0 Å². The smallest absolute Gasteiger partial charge is 0.000506 e. The molecule has 1 aliphatic heterocycles. The van der Waals surface area contributed by atoms with E-state index in [0.29, 0.717) is 0 Å². The predicted molar refractivity (Wildman–Crippen MR) is 65.8 cm³/mol. The van der Waals surface area contributed by atoms with Crippen LogP contribution in [0, 0.1) is 5.92 Å². The van der Waals surface area contributed by atoms with Crippen molar-refractivity contribution in [2.75, 3.05) is 13.1 Å². The van der Waals surface area contributed by atoms with Crippen LogP contribution in [0.3, 0.4) is 0 Å². The summed E-state index contributed by atoms with van der Waals surface area (Å²) >= 11 is 0. The molecule has 0 aromatic rings. The molecule has 1 heterocycles. The van der Waals surface area contributed by atoms with E-state index >= 15 is 0 Å². The highest BCUT2D eigenvalue weighted by molar-refractivity contribution is 5.31. The van der Waals surface area contributed by atoms with Crippen molar-refractivity contribution >= 4 is 0 Å². The van der Waals surface area contributed by atoms with Crippen LogP contribution >= 0.6 is 0 Å². The minimum atomic E-state index is 0.877. The SMILES string of the molecule is CCCC1=CC=C(CC2CNC2)C=CC1. The number of hydrogen-bond acceptors (Lipinski definition) is 1. The second kappa shape index (κ2) is 5.32. The van der Waals surface area contributed by atoms with E-state index in [-0.39, 0.29) is 0 Å². The highest BCUT2D eigenvalue weighted by Crippen LogP contribution is 2.21. The fourth-order valence-corrected chi connectivity index (χ4v) is 2.18. The van der Waals surface area contributed by atoms with Gasteiger partial charge in [0.15, 0.2) is 0 Å². The molecule has 2 rings (SSSR count). The molecule has 1 fully saturated rings. The summed E-state index contributed by atoms with van der Waals surface area (Å²) in [7, 11) is 0. The first-order valence-corrected chi connectivity index (χ1v) is 6.14. The van der Waals surface area contributed by atoms with Crippen molar-refractivity contribution in [3.8, 4) is 0 Å². The standard InChI is InChI=1S/C14H21N/c1-2-4-12-5-3-6-13(8-7-12)9-14-10-15-11-14/h3,6-8,14-15H,2,4-5,9-11H2,1H3. The third-order valence-corrected chi connectivity index (χ3v) is 3.21. The van der Waals surface area contributed by atoms with Gasteiger partial charge in [0.1, 0.15) is 0 Å². The van der Waals surface area contributed by atoms with Crippen molar-refractivity contribution in [3.05, 3.63) is 35.5 Å². The van der Waals surface area contributed by atoms with Gasteiger partial charge in [0.05, 0.1) is 0 Å². The Morgan fingerprint density at radius 2 is 2.20 bits per heavy atom. The van der Waals surface area contributed by atoms with Crippen LogP contribution in [-0.2, 0) is 0 Å². The number of allylic oxidation sites excluding steroid dienone is 6. The van der Waals surface area contributed by atoms with Crippen molar-refractivity contribution in [2.45, 2.75) is 32.6 Å². The van der Waals surface area contributed by atoms with Gasteiger partial charge in [-0.05, 0) is 43.8 Å². The zero-order valence-electron chi connectivity index (χ0n) is 9.63. The molecule has 0 saturated carbocycles. The zero-order chi connectivity index (χ0) is 10.5. The fraction of sp³-hybridized carbons (Fsp3) is 0.571. The molecule has 0 radical (unpaired) electrons. The molecule has 1 N–H and O–H groups in total. The van der Waals surface area contributed by atoms with Gasteiger partial charge in [-0.3, -0.25) is 0 Å². The summed E-state index contributed by atoms with van der Waals surface area (Å²) in [5.74, 6) is 0.877. The maximum Gasteiger partial charge on any atom is -0.000506 e. The van der Waals surface area contributed by atoms with Crippen molar-refractivity contribution < 1.29 is 0 Å². The number of hydrogen-bond donors (Lipinski definition) is 1. The first kappa shape index (κ1) is 10.7. The van der Waals surface area contributed by atoms with Gasteiger partial charge in [-0.25, -0.2) is 0 Å². The molecule has 2 aliphatic rings. The van der Waals surface area contributed by atoms with Gasteiger partial charge in [0, 0.05) is 0 Å². The van der Waals surface area contributed by atoms with Crippen LogP contribution in [0.2, 0.25) is 0 Å². The van der Waals surface area contributed by atoms with E-state index in [1.54, 1.807) is 5.57 Å². The van der Waals surface area contributed by atoms with Crippen LogP contribution in [0.1, 0.15) is 32.6 Å². The normalized spacial score (nSPS) is 21.7. The number of nitrogens with one attached hydrogen (secondary N) is 1. The molecule has 15 heavy (non-hydrogen) atoms. The lowest BCUT2D eigenvalue weighted by Gasteiger charge is -2.27. The van der Waals surface area contributed by atoms with Crippen LogP contribution in [0.15, 0.2) is 35.5 Å². The quantitative estimate of drug-likeness (QED) is 0.740. The van der Waals surface area contributed by atoms with Crippen LogP contribution in [0.5, 0.6) is 0 Å². The van der Waals surface area contributed by atoms with Crippen LogP contribution in [0.25, 0.3) is 0 Å². The van der Waals surface area contributed by atoms with E-state index < -0.39 is 0 Å². The maximum atomic E-state index is 3.33. The fourth-order valence-electron chi connectivity index (χ4n) is 2.18. The van der Waals surface area contributed by atoms with E-state index in [2.05, 4.69) is 36.5 Å². The molecule has 0 aromatic carbocycles. The van der Waals surface area contributed by atoms with Crippen molar-refractivity contribution in [1.82, 2.24) is 5.32 Å². The van der Waals surface area contributed by atoms with Crippen molar-refractivity contribution in [3.63, 3.8) is 0 Å². The molecule has 1 aliphatic carbocycles. The summed E-state index contributed by atoms with van der Waals surface area (Å²) in [5, 5.41) is 3.33. The summed E-state index contributed by atoms with van der Waals surface area (Å²) < 4.78 is 0. The Morgan fingerprint density at radius 1 is 1.33 bits per heavy atom. The predicted octanol–water partition coefficient (Wildman–Crippen LogP) is 3.21. The van der Waals surface area contributed by atoms with Crippen LogP contribution < -0.4 is 5.32 Å². The minimum Gasteiger partial charge on any atom is -0.316 e. The van der Waals surface area contributed by atoms with Crippen molar-refractivity contribution in [2.24, 2.45) is 5.92 Å². The molecular formula is C14H21N. The van der Waals surface area contributed by atoms with Gasteiger partial charge >= 0.3 is 0 Å². The Kier molecular flexibility index (Phi) is 3.79. The zero-order valence-corrected chi connectivity index (χ0v) is 9.63. The van der Waals surface area contributed by atoms with E-state index in [1.807, 2.05) is 0 Å². The van der Waals surface area contributed by atoms with Gasteiger partial charge in [-0.1, -0.05) is 43.2 Å². The van der Waals surface area contributed by atoms with E-state index in [1.165, 1.54) is 37.9 Å². The first-order chi connectivity index (χ1) is 7.38. The highest BCUT2D eigenvalue weighted by atomic mass is 14.9. The summed E-state index contributed by atoms with van der Waals surface area (Å²) in [6.07, 6.45) is 14.2. The lowest BCUT2D eigenvalue weighted by Crippen LogP contribution is -2.41. The Bertz CT molecular complexity index is 292. The molecule has 0 spiro atoms. The van der Waals surface area contributed by atoms with Crippen molar-refractivity contribution in [1.29, 1.82) is 0 Å². The minimum absolute atomic E-state index is 0.877. The number of rotatable bonds is 4. The van der Waals surface area contributed by atoms with Gasteiger partial charge in [0.25, 0.3) is 0 Å². The molecule has 1 saturated heterocycles. The maximum absolute atomic E-state index is 3.33. The molecule has 0 unspecified atom stereocenters. The summed E-state index contributed by atoms with van der Waals surface area (Å²) in [6.45, 7) is 4.66. The molecule has 0 amide bonds. The monoisotopic (exact) mass is 203 g/mol. The van der Waals surface area contributed by atoms with Crippen LogP contribution in [-0.4, -0.2) is 13.1 Å². The molecule has 82 valence electrons. The Balaban J connectivity index is 1.93. The first-order valence-electron chi connectivity index (χ1n) is 6.14. The second-order valence-electron chi connectivity index (χ2n) is 4.65. The van der Waals surface area contributed by atoms with E-state index in [0.717, 1.165) is 12.3 Å². The Morgan fingerprint density at radius 3 is 2.87 bits per heavy atom. The van der Waals surface area contributed by atoms with Gasteiger partial charge in [-0.15, -0.1) is 0 Å². The Hall–Kier alpha value is -0.820. The molecule has 0 bridgehead atoms. The molecule has 1 heteroatoms. The third-order valence-electron chi connectivity index (χ3n) is 3.21. The molecule has 1 nitrogen and oxygen atoms in total. The summed E-state index contributed by atoms with van der Waals surface area (Å²) in [5.41, 5.74) is 3.09. The average molecular weight is 203 g/mol. The Labute approximate surface area is 93.0 Å². The topological polar surface area (TPSA) is 12.0 Å². The van der Waals surface area contributed by atoms with Gasteiger partial charge < -0.3 is 5.32 Å². The summed E-state index contributed by atoms with van der Waals surface area (Å²) in [4.78, 5) is 0. The van der Waals surface area contributed by atoms with E-state index in [4.69, 9.17) is 0 Å². The summed E-state index contributed by atoms with van der Waals surface area (Å²) in [6, 6.07) is 0. The lowest BCUT2D eigenvalue weighted by molar-refractivity contribution is 0.348. The largest absolute Gasteiger partial charge is 0.316 e. The van der Waals surface area contributed by atoms with Gasteiger partial charge in [0.2, 0.25) is 0 Å². The highest BCUT2D eigenvalue weighted by Gasteiger charge is 2.17. The molecular weight excluding hydrogens is 182 g/mol.